The molecule has 0 unspecified atom stereocenters. The molecule has 0 amide bonds. The molecule has 126 valence electrons. The summed E-state index contributed by atoms with van der Waals surface area (Å²) in [6.45, 7) is 0.217. The van der Waals surface area contributed by atoms with Crippen molar-refractivity contribution in [2.24, 2.45) is 0 Å². The zero-order valence-corrected chi connectivity index (χ0v) is 13.9. The molecule has 2 aromatic carbocycles. The van der Waals surface area contributed by atoms with Crippen LogP contribution in [0.5, 0.6) is 0 Å². The summed E-state index contributed by atoms with van der Waals surface area (Å²) >= 11 is 0. The topological polar surface area (TPSA) is 94.8 Å². The van der Waals surface area contributed by atoms with Crippen molar-refractivity contribution in [3.63, 3.8) is 0 Å². The second-order valence-electron chi connectivity index (χ2n) is 5.74. The highest BCUT2D eigenvalue weighted by molar-refractivity contribution is 7.89. The highest BCUT2D eigenvalue weighted by Crippen LogP contribution is 2.25. The van der Waals surface area contributed by atoms with E-state index in [1.807, 2.05) is 30.3 Å². The monoisotopic (exact) mass is 353 g/mol. The molecule has 4 rings (SSSR count). The minimum atomic E-state index is -3.66. The predicted molar refractivity (Wildman–Crippen MR) is 96.9 cm³/mol. The predicted octanol–water partition coefficient (Wildman–Crippen LogP) is 2.49. The first kappa shape index (κ1) is 15.6. The van der Waals surface area contributed by atoms with Gasteiger partial charge in [-0.05, 0) is 29.8 Å². The van der Waals surface area contributed by atoms with Crippen molar-refractivity contribution in [1.29, 1.82) is 0 Å². The van der Waals surface area contributed by atoms with Crippen LogP contribution in [0.1, 0.15) is 5.56 Å². The molecule has 3 N–H and O–H groups in total. The van der Waals surface area contributed by atoms with Gasteiger partial charge in [0.2, 0.25) is 10.0 Å². The highest BCUT2D eigenvalue weighted by Gasteiger charge is 2.16. The van der Waals surface area contributed by atoms with E-state index < -0.39 is 10.0 Å². The van der Waals surface area contributed by atoms with E-state index >= 15 is 0 Å². The molecule has 0 spiro atoms. The number of nitrogens with one attached hydrogen (secondary N) is 3. The summed E-state index contributed by atoms with van der Waals surface area (Å²) in [7, 11) is -3.66. The molecule has 0 aliphatic heterocycles. The normalized spacial score (nSPS) is 12.0. The average molecular weight is 353 g/mol. The fraction of sp³-hybridized carbons (Fsp3) is 0.0556. The number of benzene rings is 2. The van der Waals surface area contributed by atoms with Crippen molar-refractivity contribution in [2.75, 3.05) is 0 Å². The average Bonchev–Trinajstić information content (AvgIpc) is 3.00. The van der Waals surface area contributed by atoms with Crippen LogP contribution < -0.4 is 10.3 Å². The third-order valence-corrected chi connectivity index (χ3v) is 5.52. The van der Waals surface area contributed by atoms with E-state index in [9.17, 15) is 13.2 Å². The lowest BCUT2D eigenvalue weighted by Crippen LogP contribution is -2.23. The Morgan fingerprint density at radius 3 is 2.56 bits per heavy atom. The maximum atomic E-state index is 12.6. The van der Waals surface area contributed by atoms with Gasteiger partial charge in [-0.1, -0.05) is 30.3 Å². The summed E-state index contributed by atoms with van der Waals surface area (Å²) in [5, 5.41) is 1.39. The maximum Gasteiger partial charge on any atom is 0.272 e. The SMILES string of the molecule is O=c1[nH]ccc2c1[nH]c1ccc(S(=O)(=O)NCc3ccccc3)cc12. The smallest absolute Gasteiger partial charge is 0.272 e. The van der Waals surface area contributed by atoms with E-state index in [0.29, 0.717) is 21.8 Å². The summed E-state index contributed by atoms with van der Waals surface area (Å²) < 4.78 is 27.8. The van der Waals surface area contributed by atoms with Crippen LogP contribution in [-0.2, 0) is 16.6 Å². The Hall–Kier alpha value is -2.90. The van der Waals surface area contributed by atoms with Gasteiger partial charge in [0.05, 0.1) is 4.90 Å². The van der Waals surface area contributed by atoms with Gasteiger partial charge in [-0.3, -0.25) is 4.79 Å². The third-order valence-electron chi connectivity index (χ3n) is 4.12. The van der Waals surface area contributed by atoms with Gasteiger partial charge in [0.1, 0.15) is 5.52 Å². The van der Waals surface area contributed by atoms with E-state index in [4.69, 9.17) is 0 Å². The van der Waals surface area contributed by atoms with Crippen LogP contribution in [0.2, 0.25) is 0 Å². The molecule has 4 aromatic rings. The first-order valence-corrected chi connectivity index (χ1v) is 9.20. The van der Waals surface area contributed by atoms with Crippen molar-refractivity contribution in [2.45, 2.75) is 11.4 Å². The van der Waals surface area contributed by atoms with Crippen LogP contribution in [0.25, 0.3) is 21.8 Å². The lowest BCUT2D eigenvalue weighted by Gasteiger charge is -2.07. The standard InChI is InChI=1S/C18H15N3O3S/c22-18-17-14(8-9-19-18)15-10-13(6-7-16(15)21-17)25(23,24)20-11-12-4-2-1-3-5-12/h1-10,20-21H,11H2,(H,19,22). The van der Waals surface area contributed by atoms with Crippen molar-refractivity contribution in [3.8, 4) is 0 Å². The van der Waals surface area contributed by atoms with Crippen LogP contribution in [-0.4, -0.2) is 18.4 Å². The molecular formula is C18H15N3O3S. The number of hydrogen-bond donors (Lipinski definition) is 3. The second kappa shape index (κ2) is 5.87. The summed E-state index contributed by atoms with van der Waals surface area (Å²) in [5.41, 5.74) is 1.80. The molecule has 0 aliphatic carbocycles. The Morgan fingerprint density at radius 1 is 0.960 bits per heavy atom. The molecule has 7 heteroatoms. The van der Waals surface area contributed by atoms with E-state index in [2.05, 4.69) is 14.7 Å². The quantitative estimate of drug-likeness (QED) is 0.526. The van der Waals surface area contributed by atoms with Crippen LogP contribution >= 0.6 is 0 Å². The van der Waals surface area contributed by atoms with E-state index in [0.717, 1.165) is 5.56 Å². The van der Waals surface area contributed by atoms with Crippen LogP contribution in [0, 0.1) is 0 Å². The lowest BCUT2D eigenvalue weighted by atomic mass is 10.2. The van der Waals surface area contributed by atoms with Crippen molar-refractivity contribution in [1.82, 2.24) is 14.7 Å². The van der Waals surface area contributed by atoms with Crippen molar-refractivity contribution >= 4 is 31.8 Å². The molecule has 25 heavy (non-hydrogen) atoms. The Bertz CT molecular complexity index is 1220. The minimum Gasteiger partial charge on any atom is -0.350 e. The van der Waals surface area contributed by atoms with Crippen LogP contribution in [0.4, 0.5) is 0 Å². The van der Waals surface area contributed by atoms with Gasteiger partial charge in [-0.15, -0.1) is 0 Å². The van der Waals surface area contributed by atoms with Gasteiger partial charge in [0, 0.05) is 29.0 Å². The number of H-pyrrole nitrogens is 2. The highest BCUT2D eigenvalue weighted by atomic mass is 32.2. The number of aromatic nitrogens is 2. The summed E-state index contributed by atoms with van der Waals surface area (Å²) in [5.74, 6) is 0. The second-order valence-corrected chi connectivity index (χ2v) is 7.50. The molecule has 2 aromatic heterocycles. The van der Waals surface area contributed by atoms with Gasteiger partial charge in [-0.25, -0.2) is 13.1 Å². The molecule has 0 aliphatic rings. The minimum absolute atomic E-state index is 0.164. The molecule has 2 heterocycles. The van der Waals surface area contributed by atoms with E-state index in [1.165, 1.54) is 6.07 Å². The summed E-state index contributed by atoms with van der Waals surface area (Å²) in [6, 6.07) is 15.9. The Labute approximate surface area is 143 Å². The zero-order valence-electron chi connectivity index (χ0n) is 13.1. The first-order valence-electron chi connectivity index (χ1n) is 7.71. The number of pyridine rings is 1. The Morgan fingerprint density at radius 2 is 1.76 bits per heavy atom. The molecular weight excluding hydrogens is 338 g/mol. The Balaban J connectivity index is 1.74. The van der Waals surface area contributed by atoms with Crippen LogP contribution in [0.15, 0.2) is 70.5 Å². The Kier molecular flexibility index (Phi) is 3.67. The maximum absolute atomic E-state index is 12.6. The molecule has 0 saturated heterocycles. The zero-order chi connectivity index (χ0) is 17.4. The first-order chi connectivity index (χ1) is 12.0. The molecule has 0 bridgehead atoms. The van der Waals surface area contributed by atoms with Gasteiger partial charge >= 0.3 is 0 Å². The third kappa shape index (κ3) is 2.84. The van der Waals surface area contributed by atoms with E-state index in [-0.39, 0.29) is 17.0 Å². The lowest BCUT2D eigenvalue weighted by molar-refractivity contribution is 0.581. The van der Waals surface area contributed by atoms with Gasteiger partial charge in [0.15, 0.2) is 0 Å². The largest absolute Gasteiger partial charge is 0.350 e. The van der Waals surface area contributed by atoms with Crippen molar-refractivity contribution in [3.05, 3.63) is 76.7 Å². The fourth-order valence-corrected chi connectivity index (χ4v) is 3.89. The number of aromatic amines is 2. The van der Waals surface area contributed by atoms with Crippen molar-refractivity contribution < 1.29 is 8.42 Å². The molecule has 0 fully saturated rings. The molecule has 0 radical (unpaired) electrons. The summed E-state index contributed by atoms with van der Waals surface area (Å²) in [4.78, 5) is 17.7. The van der Waals surface area contributed by atoms with Gasteiger partial charge in [-0.2, -0.15) is 0 Å². The number of sulfonamides is 1. The number of hydrogen-bond acceptors (Lipinski definition) is 3. The van der Waals surface area contributed by atoms with Gasteiger partial charge in [0.25, 0.3) is 5.56 Å². The number of fused-ring (bicyclic) bond motifs is 3. The summed E-state index contributed by atoms with van der Waals surface area (Å²) in [6.07, 6.45) is 1.55. The number of rotatable bonds is 4. The molecule has 0 atom stereocenters. The van der Waals surface area contributed by atoms with Gasteiger partial charge < -0.3 is 9.97 Å². The van der Waals surface area contributed by atoms with E-state index in [1.54, 1.807) is 24.4 Å². The van der Waals surface area contributed by atoms with Crippen LogP contribution in [0.3, 0.4) is 0 Å². The fourth-order valence-electron chi connectivity index (χ4n) is 2.84. The molecule has 6 nitrogen and oxygen atoms in total. The molecule has 0 saturated carbocycles.